The van der Waals surface area contributed by atoms with Crippen LogP contribution in [0.4, 0.5) is 0 Å². The molecule has 0 amide bonds. The quantitative estimate of drug-likeness (QED) is 0.745. The van der Waals surface area contributed by atoms with Crippen LogP contribution in [0.1, 0.15) is 39.9 Å². The van der Waals surface area contributed by atoms with Crippen molar-refractivity contribution in [2.75, 3.05) is 13.1 Å². The second-order valence-corrected chi connectivity index (χ2v) is 6.52. The highest BCUT2D eigenvalue weighted by Crippen LogP contribution is 2.20. The first-order chi connectivity index (χ1) is 8.93. The summed E-state index contributed by atoms with van der Waals surface area (Å²) in [7, 11) is -3.52. The maximum absolute atomic E-state index is 12.4. The van der Waals surface area contributed by atoms with Crippen molar-refractivity contribution in [2.45, 2.75) is 51.8 Å². The fourth-order valence-corrected chi connectivity index (χ4v) is 3.49. The largest absolute Gasteiger partial charge is 0.447 e. The molecule has 1 aromatic rings. The Morgan fingerprint density at radius 1 is 1.32 bits per heavy atom. The molecule has 19 heavy (non-hydrogen) atoms. The van der Waals surface area contributed by atoms with Crippen LogP contribution in [0, 0.1) is 0 Å². The van der Waals surface area contributed by atoms with Gasteiger partial charge in [0.15, 0.2) is 0 Å². The maximum atomic E-state index is 12.4. The van der Waals surface area contributed by atoms with Gasteiger partial charge in [-0.1, -0.05) is 13.8 Å². The predicted octanol–water partition coefficient (Wildman–Crippen LogP) is 2.20. The molecule has 0 atom stereocenters. The van der Waals surface area contributed by atoms with Crippen LogP contribution in [0.25, 0.3) is 0 Å². The molecule has 0 bridgehead atoms. The number of nitrogens with zero attached hydrogens (tertiary/aromatic N) is 1. The van der Waals surface area contributed by atoms with Gasteiger partial charge in [0.1, 0.15) is 5.76 Å². The third kappa shape index (κ3) is 4.06. The molecule has 0 aliphatic carbocycles. The van der Waals surface area contributed by atoms with Gasteiger partial charge in [0, 0.05) is 12.6 Å². The van der Waals surface area contributed by atoms with E-state index < -0.39 is 10.0 Å². The van der Waals surface area contributed by atoms with E-state index in [1.165, 1.54) is 10.4 Å². The van der Waals surface area contributed by atoms with Crippen molar-refractivity contribution in [3.63, 3.8) is 0 Å². The van der Waals surface area contributed by atoms with Crippen LogP contribution in [0.2, 0.25) is 0 Å². The van der Waals surface area contributed by atoms with Crippen LogP contribution in [-0.2, 0) is 16.6 Å². The number of hydrogen-bond acceptors (Lipinski definition) is 4. The summed E-state index contributed by atoms with van der Waals surface area (Å²) in [5.74, 6) is 0.645. The standard InChI is InChI=1S/C13H24N2O3S/c1-5-9-14-10-12-7-8-13(18-12)19(16,17)15(6-2)11(3)4/h7-8,11,14H,5-6,9-10H2,1-4H3. The van der Waals surface area contributed by atoms with E-state index >= 15 is 0 Å². The molecule has 0 fully saturated rings. The van der Waals surface area contributed by atoms with Crippen LogP contribution in [0.3, 0.4) is 0 Å². The van der Waals surface area contributed by atoms with E-state index in [1.807, 2.05) is 20.8 Å². The van der Waals surface area contributed by atoms with Gasteiger partial charge in [-0.3, -0.25) is 0 Å². The molecule has 0 unspecified atom stereocenters. The molecule has 0 saturated heterocycles. The Balaban J connectivity index is 2.84. The lowest BCUT2D eigenvalue weighted by molar-refractivity contribution is 0.339. The van der Waals surface area contributed by atoms with E-state index in [0.717, 1.165) is 13.0 Å². The molecule has 6 heteroatoms. The summed E-state index contributed by atoms with van der Waals surface area (Å²) in [6, 6.07) is 3.16. The SMILES string of the molecule is CCCNCc1ccc(S(=O)(=O)N(CC)C(C)C)o1. The van der Waals surface area contributed by atoms with Gasteiger partial charge in [-0.2, -0.15) is 4.31 Å². The zero-order chi connectivity index (χ0) is 14.5. The van der Waals surface area contributed by atoms with Crippen molar-refractivity contribution in [1.29, 1.82) is 0 Å². The Kier molecular flexibility index (Phi) is 6.03. The minimum Gasteiger partial charge on any atom is -0.447 e. The molecule has 1 aromatic heterocycles. The molecule has 0 spiro atoms. The first kappa shape index (κ1) is 16.2. The Bertz CT molecular complexity index is 480. The average molecular weight is 288 g/mol. The number of sulfonamides is 1. The van der Waals surface area contributed by atoms with Crippen LogP contribution >= 0.6 is 0 Å². The zero-order valence-electron chi connectivity index (χ0n) is 12.1. The topological polar surface area (TPSA) is 62.6 Å². The molecule has 1 heterocycles. The summed E-state index contributed by atoms with van der Waals surface area (Å²) in [6.07, 6.45) is 1.03. The third-order valence-electron chi connectivity index (χ3n) is 2.81. The molecule has 1 rings (SSSR count). The fourth-order valence-electron chi connectivity index (χ4n) is 1.91. The van der Waals surface area contributed by atoms with Crippen molar-refractivity contribution in [3.8, 4) is 0 Å². The van der Waals surface area contributed by atoms with Gasteiger partial charge in [-0.05, 0) is 38.9 Å². The molecule has 0 saturated carbocycles. The lowest BCUT2D eigenvalue weighted by Gasteiger charge is -2.22. The van der Waals surface area contributed by atoms with Crippen LogP contribution in [-0.4, -0.2) is 31.9 Å². The van der Waals surface area contributed by atoms with Gasteiger partial charge in [-0.25, -0.2) is 8.42 Å². The molecule has 1 N–H and O–H groups in total. The maximum Gasteiger partial charge on any atom is 0.276 e. The minimum atomic E-state index is -3.52. The van der Waals surface area contributed by atoms with Crippen molar-refractivity contribution in [2.24, 2.45) is 0 Å². The fraction of sp³-hybridized carbons (Fsp3) is 0.692. The Morgan fingerprint density at radius 3 is 2.53 bits per heavy atom. The van der Waals surface area contributed by atoms with Crippen LogP contribution in [0.15, 0.2) is 21.6 Å². The summed E-state index contributed by atoms with van der Waals surface area (Å²) in [5.41, 5.74) is 0. The van der Waals surface area contributed by atoms with Gasteiger partial charge in [0.2, 0.25) is 5.09 Å². The van der Waals surface area contributed by atoms with Gasteiger partial charge in [0.25, 0.3) is 10.0 Å². The first-order valence-electron chi connectivity index (χ1n) is 6.74. The Labute approximate surface area is 116 Å². The van der Waals surface area contributed by atoms with Crippen molar-refractivity contribution in [3.05, 3.63) is 17.9 Å². The van der Waals surface area contributed by atoms with Crippen LogP contribution in [0.5, 0.6) is 0 Å². The summed E-state index contributed by atoms with van der Waals surface area (Å²) >= 11 is 0. The van der Waals surface area contributed by atoms with E-state index in [1.54, 1.807) is 6.07 Å². The van der Waals surface area contributed by atoms with E-state index in [0.29, 0.717) is 18.8 Å². The molecule has 0 radical (unpaired) electrons. The summed E-state index contributed by atoms with van der Waals surface area (Å²) in [5, 5.41) is 3.20. The smallest absolute Gasteiger partial charge is 0.276 e. The minimum absolute atomic E-state index is 0.0244. The highest BCUT2D eigenvalue weighted by molar-refractivity contribution is 7.89. The van der Waals surface area contributed by atoms with E-state index in [4.69, 9.17) is 4.42 Å². The molecular formula is C13H24N2O3S. The van der Waals surface area contributed by atoms with Crippen molar-refractivity contribution < 1.29 is 12.8 Å². The number of nitrogens with one attached hydrogen (secondary N) is 1. The molecule has 5 nitrogen and oxygen atoms in total. The van der Waals surface area contributed by atoms with Crippen LogP contribution < -0.4 is 5.32 Å². The van der Waals surface area contributed by atoms with Gasteiger partial charge < -0.3 is 9.73 Å². The van der Waals surface area contributed by atoms with Gasteiger partial charge in [0.05, 0.1) is 6.54 Å². The van der Waals surface area contributed by atoms with Gasteiger partial charge in [-0.15, -0.1) is 0 Å². The summed E-state index contributed by atoms with van der Waals surface area (Å²) in [4.78, 5) is 0. The Morgan fingerprint density at radius 2 is 2.00 bits per heavy atom. The lowest BCUT2D eigenvalue weighted by atomic mass is 10.4. The monoisotopic (exact) mass is 288 g/mol. The third-order valence-corrected chi connectivity index (χ3v) is 4.84. The number of rotatable bonds is 8. The zero-order valence-corrected chi connectivity index (χ0v) is 13.0. The Hall–Kier alpha value is -0.850. The predicted molar refractivity (Wildman–Crippen MR) is 75.4 cm³/mol. The molecule has 0 aliphatic heterocycles. The number of hydrogen-bond donors (Lipinski definition) is 1. The van der Waals surface area contributed by atoms with E-state index in [-0.39, 0.29) is 11.1 Å². The van der Waals surface area contributed by atoms with E-state index in [2.05, 4.69) is 12.2 Å². The summed E-state index contributed by atoms with van der Waals surface area (Å²) in [6.45, 7) is 9.48. The van der Waals surface area contributed by atoms with Crippen molar-refractivity contribution in [1.82, 2.24) is 9.62 Å². The van der Waals surface area contributed by atoms with Crippen molar-refractivity contribution >= 4 is 10.0 Å². The highest BCUT2D eigenvalue weighted by Gasteiger charge is 2.28. The second kappa shape index (κ2) is 7.07. The lowest BCUT2D eigenvalue weighted by Crippen LogP contribution is -2.36. The summed E-state index contributed by atoms with van der Waals surface area (Å²) < 4.78 is 31.6. The molecule has 0 aliphatic rings. The normalized spacial score (nSPS) is 12.5. The van der Waals surface area contributed by atoms with Gasteiger partial charge >= 0.3 is 0 Å². The molecular weight excluding hydrogens is 264 g/mol. The number of furan rings is 1. The molecule has 110 valence electrons. The highest BCUT2D eigenvalue weighted by atomic mass is 32.2. The molecule has 0 aromatic carbocycles. The first-order valence-corrected chi connectivity index (χ1v) is 8.18. The van der Waals surface area contributed by atoms with E-state index in [9.17, 15) is 8.42 Å². The average Bonchev–Trinajstić information content (AvgIpc) is 2.78. The second-order valence-electron chi connectivity index (χ2n) is 4.70.